The van der Waals surface area contributed by atoms with E-state index < -0.39 is 17.3 Å². The molecule has 0 saturated heterocycles. The number of fused-ring (bicyclic) bond motifs is 2. The molecular formula is C25H23N5O4. The van der Waals surface area contributed by atoms with Crippen molar-refractivity contribution in [2.24, 2.45) is 10.8 Å². The highest BCUT2D eigenvalue weighted by Crippen LogP contribution is 2.51. The second kappa shape index (κ2) is 7.87. The number of anilines is 1. The summed E-state index contributed by atoms with van der Waals surface area (Å²) in [6, 6.07) is 18.3. The van der Waals surface area contributed by atoms with Crippen molar-refractivity contribution < 1.29 is 19.1 Å². The first-order chi connectivity index (χ1) is 16.4. The molecule has 2 N–H and O–H groups in total. The summed E-state index contributed by atoms with van der Waals surface area (Å²) in [5.74, 6) is -1.16. The van der Waals surface area contributed by atoms with Crippen LogP contribution in [-0.4, -0.2) is 34.0 Å². The first kappa shape index (κ1) is 21.4. The Labute approximate surface area is 196 Å². The highest BCUT2D eigenvalue weighted by molar-refractivity contribution is 6.29. The van der Waals surface area contributed by atoms with E-state index in [1.54, 1.807) is 37.6 Å². The maximum absolute atomic E-state index is 14.2. The van der Waals surface area contributed by atoms with E-state index >= 15 is 0 Å². The van der Waals surface area contributed by atoms with Crippen molar-refractivity contribution in [1.82, 2.24) is 9.78 Å². The normalized spacial score (nSPS) is 19.2. The summed E-state index contributed by atoms with van der Waals surface area (Å²) in [6.07, 6.45) is 0. The van der Waals surface area contributed by atoms with Gasteiger partial charge in [-0.05, 0) is 45.0 Å². The van der Waals surface area contributed by atoms with Crippen LogP contribution in [0.5, 0.6) is 5.88 Å². The van der Waals surface area contributed by atoms with Crippen molar-refractivity contribution in [3.63, 3.8) is 0 Å². The van der Waals surface area contributed by atoms with Gasteiger partial charge in [-0.25, -0.2) is 9.48 Å². The first-order valence-electron chi connectivity index (χ1n) is 10.9. The Morgan fingerprint density at radius 1 is 1.06 bits per heavy atom. The molecule has 1 aromatic heterocycles. The summed E-state index contributed by atoms with van der Waals surface area (Å²) >= 11 is 0. The predicted octanol–water partition coefficient (Wildman–Crippen LogP) is 2.97. The highest BCUT2D eigenvalue weighted by atomic mass is 16.5. The van der Waals surface area contributed by atoms with Crippen molar-refractivity contribution >= 4 is 23.3 Å². The molecule has 0 saturated carbocycles. The SMILES string of the molecule is CCOC(=O)C1=C(N)Oc2c(c(C)nn2-c2ccccc2)[C@]12C(=O)N(c1ccccc1)N=C2C. The van der Waals surface area contributed by atoms with Gasteiger partial charge in [0.05, 0.1) is 35.0 Å². The Morgan fingerprint density at radius 2 is 1.68 bits per heavy atom. The van der Waals surface area contributed by atoms with Crippen LogP contribution in [0.15, 0.2) is 77.2 Å². The van der Waals surface area contributed by atoms with Gasteiger partial charge in [-0.3, -0.25) is 4.79 Å². The maximum Gasteiger partial charge on any atom is 0.341 e. The largest absolute Gasteiger partial charge is 0.462 e. The predicted molar refractivity (Wildman–Crippen MR) is 125 cm³/mol. The minimum absolute atomic E-state index is 0.0951. The molecule has 1 amide bonds. The summed E-state index contributed by atoms with van der Waals surface area (Å²) in [7, 11) is 0. The fraction of sp³-hybridized carbons (Fsp3) is 0.200. The summed E-state index contributed by atoms with van der Waals surface area (Å²) in [6.45, 7) is 5.25. The van der Waals surface area contributed by atoms with E-state index in [-0.39, 0.29) is 23.9 Å². The van der Waals surface area contributed by atoms with Crippen LogP contribution >= 0.6 is 0 Å². The van der Waals surface area contributed by atoms with Gasteiger partial charge in [0, 0.05) is 0 Å². The number of ether oxygens (including phenoxy) is 2. The molecule has 3 heterocycles. The van der Waals surface area contributed by atoms with Gasteiger partial charge in [0.15, 0.2) is 5.41 Å². The molecule has 1 atom stereocenters. The average molecular weight is 457 g/mol. The lowest BCUT2D eigenvalue weighted by Crippen LogP contribution is -2.51. The molecule has 2 aliphatic rings. The van der Waals surface area contributed by atoms with E-state index in [9.17, 15) is 9.59 Å². The zero-order chi connectivity index (χ0) is 24.0. The van der Waals surface area contributed by atoms with Crippen molar-refractivity contribution in [3.8, 4) is 11.6 Å². The summed E-state index contributed by atoms with van der Waals surface area (Å²) in [5, 5.41) is 10.5. The lowest BCUT2D eigenvalue weighted by Gasteiger charge is -2.34. The van der Waals surface area contributed by atoms with Crippen molar-refractivity contribution in [2.75, 3.05) is 11.6 Å². The molecule has 34 heavy (non-hydrogen) atoms. The minimum atomic E-state index is -1.64. The van der Waals surface area contributed by atoms with Gasteiger partial charge in [0.1, 0.15) is 5.57 Å². The van der Waals surface area contributed by atoms with E-state index in [4.69, 9.17) is 15.2 Å². The van der Waals surface area contributed by atoms with Gasteiger partial charge in [-0.2, -0.15) is 15.2 Å². The molecule has 0 radical (unpaired) electrons. The van der Waals surface area contributed by atoms with Crippen LogP contribution < -0.4 is 15.5 Å². The Kier molecular flexibility index (Phi) is 4.97. The highest BCUT2D eigenvalue weighted by Gasteiger charge is 2.62. The second-order valence-corrected chi connectivity index (χ2v) is 7.96. The third-order valence-electron chi connectivity index (χ3n) is 6.01. The van der Waals surface area contributed by atoms with Crippen LogP contribution in [-0.2, 0) is 19.7 Å². The number of hydrogen-bond donors (Lipinski definition) is 1. The standard InChI is InChI=1S/C25H23N5O4/c1-4-33-23(31)20-21(26)34-22-19(15(2)27-29(22)17-11-7-5-8-12-17)25(20)16(3)28-30(24(25)32)18-13-9-6-10-14-18/h5-14H,4,26H2,1-3H3/t25-/m0/s1. The zero-order valence-corrected chi connectivity index (χ0v) is 19.0. The van der Waals surface area contributed by atoms with Crippen LogP contribution in [0, 0.1) is 6.92 Å². The molecule has 0 bridgehead atoms. The van der Waals surface area contributed by atoms with E-state index in [1.165, 1.54) is 5.01 Å². The number of nitrogens with zero attached hydrogens (tertiary/aromatic N) is 4. The third kappa shape index (κ3) is 2.86. The number of aryl methyl sites for hydroxylation is 1. The number of nitrogens with two attached hydrogens (primary N) is 1. The lowest BCUT2D eigenvalue weighted by atomic mass is 9.69. The second-order valence-electron chi connectivity index (χ2n) is 7.96. The van der Waals surface area contributed by atoms with Gasteiger partial charge in [-0.1, -0.05) is 36.4 Å². The molecule has 0 aliphatic carbocycles. The fourth-order valence-electron chi connectivity index (χ4n) is 4.60. The molecule has 0 unspecified atom stereocenters. The molecule has 9 heteroatoms. The molecule has 0 fully saturated rings. The first-order valence-corrected chi connectivity index (χ1v) is 10.9. The number of carbonyl (C=O) groups is 2. The number of carbonyl (C=O) groups excluding carboxylic acids is 2. The number of para-hydroxylation sites is 2. The minimum Gasteiger partial charge on any atom is -0.462 e. The number of hydrazone groups is 1. The van der Waals surface area contributed by atoms with E-state index in [0.717, 1.165) is 0 Å². The Bertz CT molecular complexity index is 1360. The van der Waals surface area contributed by atoms with Gasteiger partial charge < -0.3 is 15.2 Å². The van der Waals surface area contributed by atoms with Gasteiger partial charge in [0.25, 0.3) is 5.91 Å². The van der Waals surface area contributed by atoms with Crippen LogP contribution in [0.3, 0.4) is 0 Å². The molecule has 9 nitrogen and oxygen atoms in total. The summed E-state index contributed by atoms with van der Waals surface area (Å²) in [4.78, 5) is 27.4. The van der Waals surface area contributed by atoms with Crippen LogP contribution in [0.1, 0.15) is 25.1 Å². The maximum atomic E-state index is 14.2. The average Bonchev–Trinajstić information content (AvgIpc) is 3.30. The Hall–Kier alpha value is -4.40. The number of aromatic nitrogens is 2. The van der Waals surface area contributed by atoms with Crippen LogP contribution in [0.25, 0.3) is 5.69 Å². The Morgan fingerprint density at radius 3 is 2.29 bits per heavy atom. The molecule has 5 rings (SSSR count). The van der Waals surface area contributed by atoms with Crippen LogP contribution in [0.2, 0.25) is 0 Å². The van der Waals surface area contributed by atoms with Crippen molar-refractivity contribution in [2.45, 2.75) is 26.2 Å². The summed E-state index contributed by atoms with van der Waals surface area (Å²) < 4.78 is 12.9. The molecule has 172 valence electrons. The topological polar surface area (TPSA) is 112 Å². The van der Waals surface area contributed by atoms with Crippen molar-refractivity contribution in [3.05, 3.63) is 83.4 Å². The molecular weight excluding hydrogens is 434 g/mol. The van der Waals surface area contributed by atoms with Crippen molar-refractivity contribution in [1.29, 1.82) is 0 Å². The third-order valence-corrected chi connectivity index (χ3v) is 6.01. The van der Waals surface area contributed by atoms with E-state index in [1.807, 2.05) is 48.5 Å². The lowest BCUT2D eigenvalue weighted by molar-refractivity contribution is -0.140. The zero-order valence-electron chi connectivity index (χ0n) is 19.0. The van der Waals surface area contributed by atoms with E-state index in [0.29, 0.717) is 28.3 Å². The quantitative estimate of drug-likeness (QED) is 0.603. The van der Waals surface area contributed by atoms with E-state index in [2.05, 4.69) is 10.2 Å². The monoisotopic (exact) mass is 457 g/mol. The molecule has 2 aromatic carbocycles. The van der Waals surface area contributed by atoms with Gasteiger partial charge >= 0.3 is 5.97 Å². The molecule has 3 aromatic rings. The van der Waals surface area contributed by atoms with Gasteiger partial charge in [-0.15, -0.1) is 0 Å². The Balaban J connectivity index is 1.80. The number of benzene rings is 2. The van der Waals surface area contributed by atoms with Crippen LogP contribution in [0.4, 0.5) is 5.69 Å². The van der Waals surface area contributed by atoms with Gasteiger partial charge in [0.2, 0.25) is 11.8 Å². The number of rotatable bonds is 4. The molecule has 1 spiro atoms. The summed E-state index contributed by atoms with van der Waals surface area (Å²) in [5.41, 5.74) is 7.16. The smallest absolute Gasteiger partial charge is 0.341 e. The molecule has 2 aliphatic heterocycles. The number of amides is 1. The fourth-order valence-corrected chi connectivity index (χ4v) is 4.60. The number of hydrogen-bond acceptors (Lipinski definition) is 7. The number of esters is 1.